The van der Waals surface area contributed by atoms with Gasteiger partial charge in [-0.1, -0.05) is 66.7 Å². The Morgan fingerprint density at radius 3 is 1.09 bits per heavy atom. The monoisotopic (exact) mass is 391 g/mol. The van der Waals surface area contributed by atoms with E-state index in [0.29, 0.717) is 0 Å². The van der Waals surface area contributed by atoms with Crippen molar-refractivity contribution < 1.29 is 21.5 Å². The molecule has 0 rings (SSSR count). The summed E-state index contributed by atoms with van der Waals surface area (Å²) in [6, 6.07) is 0.935. The van der Waals surface area contributed by atoms with Gasteiger partial charge in [0.1, 0.15) is 0 Å². The average molecular weight is 393 g/mol. The summed E-state index contributed by atoms with van der Waals surface area (Å²) in [5, 5.41) is 0. The van der Waals surface area contributed by atoms with Gasteiger partial charge in [-0.25, -0.2) is 0 Å². The molecule has 0 aliphatic rings. The van der Waals surface area contributed by atoms with Crippen LogP contribution >= 0.6 is 0 Å². The number of halogens is 1. The van der Waals surface area contributed by atoms with Gasteiger partial charge < -0.3 is 21.5 Å². The van der Waals surface area contributed by atoms with Crippen LogP contribution in [0.4, 0.5) is 0 Å². The van der Waals surface area contributed by atoms with Crippen LogP contribution in [0.15, 0.2) is 0 Å². The summed E-state index contributed by atoms with van der Waals surface area (Å²) < 4.78 is 1.45. The lowest BCUT2D eigenvalue weighted by Gasteiger charge is -2.46. The molecule has 142 valence electrons. The molecule has 0 bridgehead atoms. The van der Waals surface area contributed by atoms with Crippen LogP contribution in [-0.2, 0) is 0 Å². The highest BCUT2D eigenvalue weighted by Gasteiger charge is 2.34. The van der Waals surface area contributed by atoms with E-state index in [1.807, 2.05) is 0 Å². The van der Waals surface area contributed by atoms with Crippen LogP contribution in [0.25, 0.3) is 0 Å². The summed E-state index contributed by atoms with van der Waals surface area (Å²) in [6.45, 7) is 16.1. The number of nitrogens with zero attached hydrogens (tertiary/aromatic N) is 1. The van der Waals surface area contributed by atoms with Gasteiger partial charge in [0, 0.05) is 0 Å². The molecule has 0 unspecified atom stereocenters. The van der Waals surface area contributed by atoms with E-state index in [9.17, 15) is 0 Å². The standard InChI is InChI=1S/C21H46N.BrH/c1-6-11-16-21(17-12-7-2)22(18-13-8-3,19-14-9-4)20-15-10-5;/h21H,6-20H2,1-5H3;1H/q+1;/p-1. The number of rotatable bonds is 16. The van der Waals surface area contributed by atoms with Gasteiger partial charge in [-0.15, -0.1) is 0 Å². The Balaban J connectivity index is 0. The third kappa shape index (κ3) is 10.8. The predicted molar refractivity (Wildman–Crippen MR) is 102 cm³/mol. The van der Waals surface area contributed by atoms with Gasteiger partial charge in [0.05, 0.1) is 25.7 Å². The molecule has 0 aromatic heterocycles. The molecule has 0 aliphatic heterocycles. The maximum atomic E-state index is 2.36. The first-order chi connectivity index (χ1) is 10.7. The van der Waals surface area contributed by atoms with Crippen molar-refractivity contribution in [3.05, 3.63) is 0 Å². The maximum absolute atomic E-state index is 2.36. The molecule has 0 N–H and O–H groups in total. The number of quaternary nitrogens is 1. The Morgan fingerprint density at radius 2 is 0.826 bits per heavy atom. The lowest BCUT2D eigenvalue weighted by molar-refractivity contribution is -0.952. The minimum atomic E-state index is 0. The van der Waals surface area contributed by atoms with E-state index < -0.39 is 0 Å². The largest absolute Gasteiger partial charge is 1.00 e. The lowest BCUT2D eigenvalue weighted by atomic mass is 9.96. The van der Waals surface area contributed by atoms with Crippen molar-refractivity contribution in [3.8, 4) is 0 Å². The van der Waals surface area contributed by atoms with Gasteiger partial charge in [0.25, 0.3) is 0 Å². The zero-order chi connectivity index (χ0) is 16.7. The summed E-state index contributed by atoms with van der Waals surface area (Å²) in [4.78, 5) is 0. The molecule has 0 fully saturated rings. The Hall–Kier alpha value is 0.440. The molecule has 0 saturated heterocycles. The second-order valence-electron chi connectivity index (χ2n) is 7.39. The highest BCUT2D eigenvalue weighted by atomic mass is 79.9. The van der Waals surface area contributed by atoms with Gasteiger partial charge in [0.2, 0.25) is 0 Å². The molecule has 2 heteroatoms. The third-order valence-electron chi connectivity index (χ3n) is 5.43. The topological polar surface area (TPSA) is 0 Å². The second kappa shape index (κ2) is 17.3. The SMILES string of the molecule is CCCCC(CCCC)[N+](CCCC)(CCCC)CCCC.[Br-]. The molecular weight excluding hydrogens is 346 g/mol. The normalized spacial score (nSPS) is 11.7. The first kappa shape index (κ1) is 25.7. The van der Waals surface area contributed by atoms with Gasteiger partial charge in [-0.2, -0.15) is 0 Å². The molecular formula is C21H46BrN. The third-order valence-corrected chi connectivity index (χ3v) is 5.43. The minimum Gasteiger partial charge on any atom is -1.00 e. The Kier molecular flexibility index (Phi) is 19.3. The quantitative estimate of drug-likeness (QED) is 0.349. The van der Waals surface area contributed by atoms with Crippen LogP contribution in [0.2, 0.25) is 0 Å². The van der Waals surface area contributed by atoms with E-state index in [2.05, 4.69) is 34.6 Å². The molecule has 0 saturated carbocycles. The van der Waals surface area contributed by atoms with Crippen molar-refractivity contribution in [1.82, 2.24) is 0 Å². The van der Waals surface area contributed by atoms with Crippen LogP contribution < -0.4 is 17.0 Å². The molecule has 0 radical (unpaired) electrons. The summed E-state index contributed by atoms with van der Waals surface area (Å²) in [7, 11) is 0. The first-order valence-electron chi connectivity index (χ1n) is 10.6. The van der Waals surface area contributed by atoms with Crippen LogP contribution in [0, 0.1) is 0 Å². The summed E-state index contributed by atoms with van der Waals surface area (Å²) >= 11 is 0. The van der Waals surface area contributed by atoms with Gasteiger partial charge >= 0.3 is 0 Å². The summed E-state index contributed by atoms with van der Waals surface area (Å²) in [6.07, 6.45) is 16.8. The van der Waals surface area contributed by atoms with Crippen molar-refractivity contribution in [1.29, 1.82) is 0 Å². The van der Waals surface area contributed by atoms with Crippen molar-refractivity contribution in [2.24, 2.45) is 0 Å². The Bertz CT molecular complexity index is 200. The first-order valence-corrected chi connectivity index (χ1v) is 10.6. The molecule has 23 heavy (non-hydrogen) atoms. The van der Waals surface area contributed by atoms with Crippen molar-refractivity contribution in [2.45, 2.75) is 118 Å². The van der Waals surface area contributed by atoms with Crippen LogP contribution in [-0.4, -0.2) is 30.2 Å². The molecule has 1 nitrogen and oxygen atoms in total. The smallest absolute Gasteiger partial charge is 0.0890 e. The Labute approximate surface area is 159 Å². The Morgan fingerprint density at radius 1 is 0.522 bits per heavy atom. The van der Waals surface area contributed by atoms with Crippen molar-refractivity contribution in [2.75, 3.05) is 19.6 Å². The van der Waals surface area contributed by atoms with Crippen LogP contribution in [0.3, 0.4) is 0 Å². The number of unbranched alkanes of at least 4 members (excludes halogenated alkanes) is 5. The number of hydrogen-bond acceptors (Lipinski definition) is 0. The zero-order valence-electron chi connectivity index (χ0n) is 17.0. The van der Waals surface area contributed by atoms with E-state index >= 15 is 0 Å². The maximum Gasteiger partial charge on any atom is 0.0890 e. The zero-order valence-corrected chi connectivity index (χ0v) is 18.6. The van der Waals surface area contributed by atoms with Gasteiger partial charge in [-0.3, -0.25) is 0 Å². The van der Waals surface area contributed by atoms with E-state index in [-0.39, 0.29) is 17.0 Å². The van der Waals surface area contributed by atoms with E-state index in [4.69, 9.17) is 0 Å². The number of hydrogen-bond donors (Lipinski definition) is 0. The van der Waals surface area contributed by atoms with Crippen molar-refractivity contribution in [3.63, 3.8) is 0 Å². The molecule has 0 aliphatic carbocycles. The molecule has 0 heterocycles. The van der Waals surface area contributed by atoms with Gasteiger partial charge in [-0.05, 0) is 44.9 Å². The second-order valence-corrected chi connectivity index (χ2v) is 7.39. The van der Waals surface area contributed by atoms with E-state index in [0.717, 1.165) is 6.04 Å². The van der Waals surface area contributed by atoms with Crippen LogP contribution in [0.5, 0.6) is 0 Å². The molecule has 0 aromatic carbocycles. The predicted octanol–water partition coefficient (Wildman–Crippen LogP) is 3.96. The van der Waals surface area contributed by atoms with E-state index in [1.54, 1.807) is 0 Å². The molecule has 0 spiro atoms. The van der Waals surface area contributed by atoms with Crippen LogP contribution in [0.1, 0.15) is 112 Å². The fourth-order valence-corrected chi connectivity index (χ4v) is 3.87. The molecule has 0 amide bonds. The lowest BCUT2D eigenvalue weighted by Crippen LogP contribution is -3.00. The molecule has 0 aromatic rings. The molecule has 0 atom stereocenters. The van der Waals surface area contributed by atoms with Crippen molar-refractivity contribution >= 4 is 0 Å². The summed E-state index contributed by atoms with van der Waals surface area (Å²) in [5.41, 5.74) is 0. The average Bonchev–Trinajstić information content (AvgIpc) is 2.55. The highest BCUT2D eigenvalue weighted by Crippen LogP contribution is 2.27. The minimum absolute atomic E-state index is 0. The van der Waals surface area contributed by atoms with E-state index in [1.165, 1.54) is 101 Å². The summed E-state index contributed by atoms with van der Waals surface area (Å²) in [5.74, 6) is 0. The van der Waals surface area contributed by atoms with Gasteiger partial charge in [0.15, 0.2) is 0 Å². The fourth-order valence-electron chi connectivity index (χ4n) is 3.87. The highest BCUT2D eigenvalue weighted by molar-refractivity contribution is 4.64. The fraction of sp³-hybridized carbons (Fsp3) is 1.00.